The molecule has 1 unspecified atom stereocenters. The summed E-state index contributed by atoms with van der Waals surface area (Å²) in [5, 5.41) is 3.09. The van der Waals surface area contributed by atoms with Gasteiger partial charge in [0.1, 0.15) is 0 Å². The third-order valence-corrected chi connectivity index (χ3v) is 3.59. The van der Waals surface area contributed by atoms with E-state index in [0.717, 1.165) is 19.4 Å². The molecule has 0 rings (SSSR count). The fourth-order valence-corrected chi connectivity index (χ4v) is 1.58. The molecule has 2 heteroatoms. The van der Waals surface area contributed by atoms with Crippen LogP contribution in [0.2, 0.25) is 0 Å². The van der Waals surface area contributed by atoms with Crippen LogP contribution >= 0.6 is 0 Å². The highest BCUT2D eigenvalue weighted by molar-refractivity contribution is 5.81. The number of amides is 1. The van der Waals surface area contributed by atoms with Gasteiger partial charge in [0.05, 0.1) is 0 Å². The van der Waals surface area contributed by atoms with Crippen LogP contribution in [0.15, 0.2) is 0 Å². The first-order valence-electron chi connectivity index (χ1n) is 6.76. The smallest absolute Gasteiger partial charge is 0.225 e. The van der Waals surface area contributed by atoms with Gasteiger partial charge in [-0.1, -0.05) is 53.9 Å². The van der Waals surface area contributed by atoms with E-state index < -0.39 is 0 Å². The lowest BCUT2D eigenvalue weighted by molar-refractivity contribution is -0.129. The molecule has 0 saturated carbocycles. The molecular formula is C14H29NO. The van der Waals surface area contributed by atoms with Gasteiger partial charge in [-0.05, 0) is 18.8 Å². The zero-order chi connectivity index (χ0) is 12.6. The van der Waals surface area contributed by atoms with Crippen molar-refractivity contribution in [2.75, 3.05) is 6.54 Å². The molecule has 0 bridgehead atoms. The maximum Gasteiger partial charge on any atom is 0.225 e. The average Bonchev–Trinajstić information content (AvgIpc) is 2.28. The number of nitrogens with one attached hydrogen (secondary N) is 1. The average molecular weight is 227 g/mol. The van der Waals surface area contributed by atoms with Gasteiger partial charge in [-0.15, -0.1) is 0 Å². The van der Waals surface area contributed by atoms with E-state index in [1.54, 1.807) is 0 Å². The van der Waals surface area contributed by atoms with Crippen LogP contribution in [0.25, 0.3) is 0 Å². The van der Waals surface area contributed by atoms with Crippen LogP contribution in [0.4, 0.5) is 0 Å². The van der Waals surface area contributed by atoms with E-state index in [-0.39, 0.29) is 11.3 Å². The van der Waals surface area contributed by atoms with Crippen LogP contribution in [0.5, 0.6) is 0 Å². The third kappa shape index (κ3) is 5.53. The summed E-state index contributed by atoms with van der Waals surface area (Å²) in [5.41, 5.74) is -0.219. The van der Waals surface area contributed by atoms with Crippen LogP contribution in [0, 0.1) is 11.3 Å². The number of carbonyl (C=O) groups is 1. The second kappa shape index (κ2) is 7.70. The Morgan fingerprint density at radius 1 is 1.25 bits per heavy atom. The van der Waals surface area contributed by atoms with Gasteiger partial charge in [0.15, 0.2) is 0 Å². The van der Waals surface area contributed by atoms with Gasteiger partial charge in [0, 0.05) is 12.0 Å². The Labute approximate surface area is 101 Å². The van der Waals surface area contributed by atoms with Gasteiger partial charge in [0.2, 0.25) is 5.91 Å². The first-order chi connectivity index (χ1) is 7.47. The normalized spacial score (nSPS) is 13.6. The molecule has 0 aliphatic rings. The number of rotatable bonds is 8. The van der Waals surface area contributed by atoms with Crippen LogP contribution in [-0.4, -0.2) is 12.5 Å². The number of carbonyl (C=O) groups excluding carboxylic acids is 1. The Balaban J connectivity index is 3.97. The van der Waals surface area contributed by atoms with Gasteiger partial charge in [0.25, 0.3) is 0 Å². The second-order valence-corrected chi connectivity index (χ2v) is 5.36. The molecule has 0 radical (unpaired) electrons. The molecular weight excluding hydrogens is 198 g/mol. The van der Waals surface area contributed by atoms with E-state index in [9.17, 15) is 4.79 Å². The molecule has 16 heavy (non-hydrogen) atoms. The fourth-order valence-electron chi connectivity index (χ4n) is 1.58. The minimum Gasteiger partial charge on any atom is -0.355 e. The Hall–Kier alpha value is -0.530. The molecule has 1 N–H and O–H groups in total. The summed E-state index contributed by atoms with van der Waals surface area (Å²) in [6.07, 6.45) is 5.80. The quantitative estimate of drug-likeness (QED) is 0.672. The summed E-state index contributed by atoms with van der Waals surface area (Å²) < 4.78 is 0. The van der Waals surface area contributed by atoms with E-state index in [2.05, 4.69) is 26.1 Å². The van der Waals surface area contributed by atoms with Crippen molar-refractivity contribution in [3.8, 4) is 0 Å². The molecule has 2 nitrogen and oxygen atoms in total. The molecule has 0 aliphatic carbocycles. The molecule has 0 saturated heterocycles. The SMILES string of the molecule is CCCCC(CC)CNC(=O)C(C)(C)CC. The number of hydrogen-bond donors (Lipinski definition) is 1. The summed E-state index contributed by atoms with van der Waals surface area (Å²) in [5.74, 6) is 0.849. The van der Waals surface area contributed by atoms with Gasteiger partial charge in [-0.2, -0.15) is 0 Å². The van der Waals surface area contributed by atoms with Crippen LogP contribution < -0.4 is 5.32 Å². The van der Waals surface area contributed by atoms with Crippen molar-refractivity contribution >= 4 is 5.91 Å². The largest absolute Gasteiger partial charge is 0.355 e. The van der Waals surface area contributed by atoms with Crippen molar-refractivity contribution in [3.63, 3.8) is 0 Å². The minimum absolute atomic E-state index is 0.199. The van der Waals surface area contributed by atoms with E-state index in [0.29, 0.717) is 5.92 Å². The predicted octanol–water partition coefficient (Wildman–Crippen LogP) is 3.76. The first-order valence-corrected chi connectivity index (χ1v) is 6.76. The van der Waals surface area contributed by atoms with E-state index in [1.807, 2.05) is 13.8 Å². The van der Waals surface area contributed by atoms with Crippen molar-refractivity contribution in [1.29, 1.82) is 0 Å². The van der Waals surface area contributed by atoms with Crippen LogP contribution in [0.1, 0.15) is 66.7 Å². The van der Waals surface area contributed by atoms with Crippen LogP contribution in [-0.2, 0) is 4.79 Å². The molecule has 1 amide bonds. The molecule has 1 atom stereocenters. The van der Waals surface area contributed by atoms with E-state index in [4.69, 9.17) is 0 Å². The fraction of sp³-hybridized carbons (Fsp3) is 0.929. The summed E-state index contributed by atoms with van der Waals surface area (Å²) in [6, 6.07) is 0. The first kappa shape index (κ1) is 15.5. The lowest BCUT2D eigenvalue weighted by atomic mass is 9.89. The summed E-state index contributed by atoms with van der Waals surface area (Å²) in [7, 11) is 0. The molecule has 0 spiro atoms. The molecule has 0 aliphatic heterocycles. The summed E-state index contributed by atoms with van der Waals surface area (Å²) >= 11 is 0. The number of hydrogen-bond acceptors (Lipinski definition) is 1. The molecule has 96 valence electrons. The Bertz CT molecular complexity index is 199. The second-order valence-electron chi connectivity index (χ2n) is 5.36. The lowest BCUT2D eigenvalue weighted by Gasteiger charge is -2.23. The van der Waals surface area contributed by atoms with Gasteiger partial charge < -0.3 is 5.32 Å². The zero-order valence-electron chi connectivity index (χ0n) is 11.7. The Morgan fingerprint density at radius 2 is 1.88 bits per heavy atom. The van der Waals surface area contributed by atoms with Crippen molar-refractivity contribution in [2.24, 2.45) is 11.3 Å². The van der Waals surface area contributed by atoms with Gasteiger partial charge in [-0.3, -0.25) is 4.79 Å². The maximum absolute atomic E-state index is 11.9. The van der Waals surface area contributed by atoms with Crippen molar-refractivity contribution < 1.29 is 4.79 Å². The zero-order valence-corrected chi connectivity index (χ0v) is 11.7. The molecule has 0 heterocycles. The van der Waals surface area contributed by atoms with E-state index >= 15 is 0 Å². The molecule has 0 aromatic rings. The highest BCUT2D eigenvalue weighted by Gasteiger charge is 2.25. The summed E-state index contributed by atoms with van der Waals surface area (Å²) in [4.78, 5) is 11.9. The van der Waals surface area contributed by atoms with Crippen molar-refractivity contribution in [2.45, 2.75) is 66.7 Å². The van der Waals surface area contributed by atoms with Gasteiger partial charge in [-0.25, -0.2) is 0 Å². The highest BCUT2D eigenvalue weighted by atomic mass is 16.2. The lowest BCUT2D eigenvalue weighted by Crippen LogP contribution is -2.39. The maximum atomic E-state index is 11.9. The predicted molar refractivity (Wildman–Crippen MR) is 70.4 cm³/mol. The van der Waals surface area contributed by atoms with Crippen molar-refractivity contribution in [3.05, 3.63) is 0 Å². The summed E-state index contributed by atoms with van der Waals surface area (Å²) in [6.45, 7) is 11.3. The van der Waals surface area contributed by atoms with Gasteiger partial charge >= 0.3 is 0 Å². The Kier molecular flexibility index (Phi) is 7.44. The third-order valence-electron chi connectivity index (χ3n) is 3.59. The molecule has 0 aromatic heterocycles. The molecule has 0 fully saturated rings. The van der Waals surface area contributed by atoms with E-state index in [1.165, 1.54) is 19.3 Å². The monoisotopic (exact) mass is 227 g/mol. The minimum atomic E-state index is -0.219. The standard InChI is InChI=1S/C14H29NO/c1-6-9-10-12(7-2)11-15-13(16)14(4,5)8-3/h12H,6-11H2,1-5H3,(H,15,16). The molecule has 0 aromatic carbocycles. The van der Waals surface area contributed by atoms with Crippen LogP contribution in [0.3, 0.4) is 0 Å². The highest BCUT2D eigenvalue weighted by Crippen LogP contribution is 2.20. The Morgan fingerprint density at radius 3 is 2.31 bits per heavy atom. The topological polar surface area (TPSA) is 29.1 Å². The number of unbranched alkanes of at least 4 members (excludes halogenated alkanes) is 1. The van der Waals surface area contributed by atoms with Crippen molar-refractivity contribution in [1.82, 2.24) is 5.32 Å².